The molecule has 0 radical (unpaired) electrons. The summed E-state index contributed by atoms with van der Waals surface area (Å²) in [4.78, 5) is 27.2. The smallest absolute Gasteiger partial charge is 0.320 e. The van der Waals surface area contributed by atoms with Crippen LogP contribution in [0.1, 0.15) is 39.5 Å². The maximum Gasteiger partial charge on any atom is 0.320 e. The highest BCUT2D eigenvalue weighted by Crippen LogP contribution is 2.25. The van der Waals surface area contributed by atoms with Crippen LogP contribution >= 0.6 is 0 Å². The molecule has 120 valence electrons. The predicted molar refractivity (Wildman–Crippen MR) is 78.2 cm³/mol. The number of carboxylic acid groups (broad SMARTS) is 1. The van der Waals surface area contributed by atoms with Crippen LogP contribution in [-0.4, -0.2) is 65.3 Å². The Labute approximate surface area is 126 Å². The lowest BCUT2D eigenvalue weighted by Gasteiger charge is -2.45. The molecule has 0 aromatic heterocycles. The molecule has 0 aromatic carbocycles. The molecule has 2 amide bonds. The molecule has 2 aliphatic rings. The molecule has 6 heteroatoms. The third-order valence-corrected chi connectivity index (χ3v) is 4.43. The molecule has 2 rings (SSSR count). The van der Waals surface area contributed by atoms with Gasteiger partial charge in [-0.3, -0.25) is 4.79 Å². The van der Waals surface area contributed by atoms with Gasteiger partial charge in [0.1, 0.15) is 0 Å². The van der Waals surface area contributed by atoms with Gasteiger partial charge in [0.05, 0.1) is 18.8 Å². The van der Waals surface area contributed by atoms with Crippen molar-refractivity contribution < 1.29 is 19.4 Å². The van der Waals surface area contributed by atoms with Gasteiger partial charge in [-0.1, -0.05) is 0 Å². The average Bonchev–Trinajstić information content (AvgIpc) is 2.44. The summed E-state index contributed by atoms with van der Waals surface area (Å²) < 4.78 is 5.46. The van der Waals surface area contributed by atoms with E-state index in [4.69, 9.17) is 9.84 Å². The Balaban J connectivity index is 1.93. The first-order valence-electron chi connectivity index (χ1n) is 7.76. The van der Waals surface area contributed by atoms with E-state index < -0.39 is 5.97 Å². The normalized spacial score (nSPS) is 25.7. The standard InChI is InChI=1S/C15H26N2O4/c1-15(2)11-21-9-8-17(15)14(20)16-7-3-4-12(10-16)5-6-13(18)19/h12H,3-11H2,1-2H3,(H,18,19). The summed E-state index contributed by atoms with van der Waals surface area (Å²) in [6.45, 7) is 7.28. The fourth-order valence-corrected chi connectivity index (χ4v) is 3.19. The quantitative estimate of drug-likeness (QED) is 0.862. The van der Waals surface area contributed by atoms with E-state index in [1.165, 1.54) is 0 Å². The summed E-state index contributed by atoms with van der Waals surface area (Å²) in [7, 11) is 0. The zero-order valence-corrected chi connectivity index (χ0v) is 13.0. The van der Waals surface area contributed by atoms with Crippen LogP contribution in [0, 0.1) is 5.92 Å². The van der Waals surface area contributed by atoms with Crippen LogP contribution in [-0.2, 0) is 9.53 Å². The summed E-state index contributed by atoms with van der Waals surface area (Å²) in [5, 5.41) is 8.79. The molecule has 1 N–H and O–H groups in total. The Bertz CT molecular complexity index is 397. The predicted octanol–water partition coefficient (Wildman–Crippen LogP) is 1.79. The van der Waals surface area contributed by atoms with Gasteiger partial charge in [-0.25, -0.2) is 4.79 Å². The number of piperidine rings is 1. The molecule has 0 bridgehead atoms. The second kappa shape index (κ2) is 6.64. The highest BCUT2D eigenvalue weighted by atomic mass is 16.5. The Morgan fingerprint density at radius 1 is 1.33 bits per heavy atom. The van der Waals surface area contributed by atoms with Crippen molar-refractivity contribution in [3.8, 4) is 0 Å². The van der Waals surface area contributed by atoms with Crippen molar-refractivity contribution in [2.45, 2.75) is 45.1 Å². The fourth-order valence-electron chi connectivity index (χ4n) is 3.19. The Morgan fingerprint density at radius 3 is 2.76 bits per heavy atom. The summed E-state index contributed by atoms with van der Waals surface area (Å²) in [6.07, 6.45) is 2.83. The lowest BCUT2D eigenvalue weighted by atomic mass is 9.93. The van der Waals surface area contributed by atoms with E-state index >= 15 is 0 Å². The van der Waals surface area contributed by atoms with Gasteiger partial charge in [-0.2, -0.15) is 0 Å². The molecular weight excluding hydrogens is 272 g/mol. The Kier molecular flexibility index (Phi) is 5.08. The molecule has 0 aliphatic carbocycles. The minimum absolute atomic E-state index is 0.0725. The van der Waals surface area contributed by atoms with Crippen LogP contribution in [0.5, 0.6) is 0 Å². The van der Waals surface area contributed by atoms with E-state index in [0.717, 1.165) is 19.4 Å². The minimum atomic E-state index is -0.757. The molecule has 2 saturated heterocycles. The van der Waals surface area contributed by atoms with Crippen molar-refractivity contribution in [3.63, 3.8) is 0 Å². The summed E-state index contributed by atoms with van der Waals surface area (Å²) in [5.41, 5.74) is -0.274. The first-order chi connectivity index (χ1) is 9.90. The molecular formula is C15H26N2O4. The number of aliphatic carboxylic acids is 1. The van der Waals surface area contributed by atoms with Crippen molar-refractivity contribution in [3.05, 3.63) is 0 Å². The zero-order valence-electron chi connectivity index (χ0n) is 13.0. The van der Waals surface area contributed by atoms with Crippen LogP contribution < -0.4 is 0 Å². The fraction of sp³-hybridized carbons (Fsp3) is 0.867. The number of carbonyl (C=O) groups excluding carboxylic acids is 1. The monoisotopic (exact) mass is 298 g/mol. The number of hydrogen-bond donors (Lipinski definition) is 1. The van der Waals surface area contributed by atoms with E-state index in [1.807, 2.05) is 23.6 Å². The molecule has 0 aromatic rings. The van der Waals surface area contributed by atoms with Crippen molar-refractivity contribution in [2.75, 3.05) is 32.8 Å². The van der Waals surface area contributed by atoms with Gasteiger partial charge in [0, 0.05) is 26.1 Å². The second-order valence-electron chi connectivity index (χ2n) is 6.69. The largest absolute Gasteiger partial charge is 0.481 e. The maximum absolute atomic E-state index is 12.7. The van der Waals surface area contributed by atoms with Crippen LogP contribution in [0.3, 0.4) is 0 Å². The molecule has 0 spiro atoms. The van der Waals surface area contributed by atoms with Crippen LogP contribution in [0.25, 0.3) is 0 Å². The number of urea groups is 1. The first kappa shape index (κ1) is 16.1. The van der Waals surface area contributed by atoms with E-state index in [1.54, 1.807) is 0 Å². The number of rotatable bonds is 3. The molecule has 2 heterocycles. The number of carbonyl (C=O) groups is 2. The molecule has 6 nitrogen and oxygen atoms in total. The highest BCUT2D eigenvalue weighted by molar-refractivity contribution is 5.75. The number of likely N-dealkylation sites (tertiary alicyclic amines) is 1. The Morgan fingerprint density at radius 2 is 2.10 bits per heavy atom. The summed E-state index contributed by atoms with van der Waals surface area (Å²) in [5.74, 6) is -0.448. The summed E-state index contributed by atoms with van der Waals surface area (Å²) in [6, 6.07) is 0.0725. The van der Waals surface area contributed by atoms with Gasteiger partial charge in [-0.05, 0) is 39.0 Å². The zero-order chi connectivity index (χ0) is 15.5. The van der Waals surface area contributed by atoms with Crippen molar-refractivity contribution in [2.24, 2.45) is 5.92 Å². The molecule has 2 fully saturated rings. The number of hydrogen-bond acceptors (Lipinski definition) is 3. The highest BCUT2D eigenvalue weighted by Gasteiger charge is 2.37. The topological polar surface area (TPSA) is 70.1 Å². The number of morpholine rings is 1. The third-order valence-electron chi connectivity index (χ3n) is 4.43. The van der Waals surface area contributed by atoms with E-state index in [-0.39, 0.29) is 18.0 Å². The van der Waals surface area contributed by atoms with Gasteiger partial charge in [0.25, 0.3) is 0 Å². The molecule has 1 atom stereocenters. The van der Waals surface area contributed by atoms with Gasteiger partial charge >= 0.3 is 12.0 Å². The number of amides is 2. The van der Waals surface area contributed by atoms with Gasteiger partial charge < -0.3 is 19.6 Å². The molecule has 0 saturated carbocycles. The van der Waals surface area contributed by atoms with Crippen molar-refractivity contribution >= 4 is 12.0 Å². The van der Waals surface area contributed by atoms with E-state index in [0.29, 0.717) is 38.6 Å². The third kappa shape index (κ3) is 4.09. The number of carboxylic acids is 1. The van der Waals surface area contributed by atoms with Crippen molar-refractivity contribution in [1.29, 1.82) is 0 Å². The average molecular weight is 298 g/mol. The second-order valence-corrected chi connectivity index (χ2v) is 6.69. The Hall–Kier alpha value is -1.30. The summed E-state index contributed by atoms with van der Waals surface area (Å²) >= 11 is 0. The van der Waals surface area contributed by atoms with Crippen molar-refractivity contribution in [1.82, 2.24) is 9.80 Å². The maximum atomic E-state index is 12.7. The van der Waals surface area contributed by atoms with Crippen LogP contribution in [0.4, 0.5) is 4.79 Å². The lowest BCUT2D eigenvalue weighted by Crippen LogP contribution is -2.60. The van der Waals surface area contributed by atoms with E-state index in [9.17, 15) is 9.59 Å². The first-order valence-corrected chi connectivity index (χ1v) is 7.76. The van der Waals surface area contributed by atoms with Gasteiger partial charge in [0.15, 0.2) is 0 Å². The molecule has 21 heavy (non-hydrogen) atoms. The van der Waals surface area contributed by atoms with Gasteiger partial charge in [0.2, 0.25) is 0 Å². The molecule has 1 unspecified atom stereocenters. The van der Waals surface area contributed by atoms with Crippen LogP contribution in [0.15, 0.2) is 0 Å². The SMILES string of the molecule is CC1(C)COCCN1C(=O)N1CCCC(CCC(=O)O)C1. The van der Waals surface area contributed by atoms with E-state index in [2.05, 4.69) is 0 Å². The van der Waals surface area contributed by atoms with Gasteiger partial charge in [-0.15, -0.1) is 0 Å². The lowest BCUT2D eigenvalue weighted by molar-refractivity contribution is -0.137. The number of ether oxygens (including phenoxy) is 1. The van der Waals surface area contributed by atoms with Crippen LogP contribution in [0.2, 0.25) is 0 Å². The number of nitrogens with zero attached hydrogens (tertiary/aromatic N) is 2. The molecule has 2 aliphatic heterocycles. The minimum Gasteiger partial charge on any atom is -0.481 e.